The maximum absolute atomic E-state index is 11.8. The van der Waals surface area contributed by atoms with Crippen LogP contribution in [0.5, 0.6) is 0 Å². The molecule has 0 aliphatic carbocycles. The van der Waals surface area contributed by atoms with Crippen LogP contribution in [0.2, 0.25) is 0 Å². The van der Waals surface area contributed by atoms with E-state index >= 15 is 0 Å². The third kappa shape index (κ3) is 4.82. The average Bonchev–Trinajstić information content (AvgIpc) is 2.92. The number of hydrogen-bond donors (Lipinski definition) is 2. The van der Waals surface area contributed by atoms with Gasteiger partial charge in [0, 0.05) is 19.2 Å². The van der Waals surface area contributed by atoms with Crippen LogP contribution in [-0.2, 0) is 4.74 Å². The van der Waals surface area contributed by atoms with E-state index in [2.05, 4.69) is 5.32 Å². The van der Waals surface area contributed by atoms with Gasteiger partial charge in [-0.2, -0.15) is 0 Å². The molecule has 2 N–H and O–H groups in total. The Bertz CT molecular complexity index is 698. The maximum atomic E-state index is 11.8. The molecule has 1 saturated heterocycles. The summed E-state index contributed by atoms with van der Waals surface area (Å²) >= 11 is 0. The van der Waals surface area contributed by atoms with Gasteiger partial charge in [0.1, 0.15) is 11.3 Å². The number of nitrogens with one attached hydrogen (secondary N) is 1. The van der Waals surface area contributed by atoms with Crippen LogP contribution in [0.15, 0.2) is 18.2 Å². The van der Waals surface area contributed by atoms with Crippen molar-refractivity contribution in [2.75, 3.05) is 18.0 Å². The molecule has 0 aromatic heterocycles. The van der Waals surface area contributed by atoms with Crippen molar-refractivity contribution in [3.63, 3.8) is 0 Å². The number of rotatable bonds is 4. The molecule has 1 aromatic rings. The second kappa shape index (κ2) is 6.96. The zero-order valence-electron chi connectivity index (χ0n) is 14.3. The van der Waals surface area contributed by atoms with E-state index in [9.17, 15) is 19.7 Å². The zero-order valence-corrected chi connectivity index (χ0v) is 14.3. The number of nitro groups is 1. The zero-order chi connectivity index (χ0) is 18.8. The van der Waals surface area contributed by atoms with E-state index in [1.54, 1.807) is 25.7 Å². The van der Waals surface area contributed by atoms with E-state index in [-0.39, 0.29) is 23.0 Å². The molecule has 25 heavy (non-hydrogen) atoms. The summed E-state index contributed by atoms with van der Waals surface area (Å²) in [5.74, 6) is -1.15. The Morgan fingerprint density at radius 2 is 2.08 bits per heavy atom. The van der Waals surface area contributed by atoms with Gasteiger partial charge in [-0.3, -0.25) is 10.1 Å². The van der Waals surface area contributed by atoms with Crippen LogP contribution < -0.4 is 10.2 Å². The maximum Gasteiger partial charge on any atom is 0.407 e. The largest absolute Gasteiger partial charge is 0.478 e. The summed E-state index contributed by atoms with van der Waals surface area (Å²) in [5, 5.41) is 23.0. The molecular weight excluding hydrogens is 330 g/mol. The number of carboxylic acids is 1. The highest BCUT2D eigenvalue weighted by atomic mass is 16.6. The first kappa shape index (κ1) is 18.5. The van der Waals surface area contributed by atoms with Gasteiger partial charge in [-0.1, -0.05) is 0 Å². The van der Waals surface area contributed by atoms with Gasteiger partial charge in [-0.25, -0.2) is 9.59 Å². The van der Waals surface area contributed by atoms with Crippen molar-refractivity contribution in [2.24, 2.45) is 0 Å². The number of carbonyl (C=O) groups is 2. The van der Waals surface area contributed by atoms with E-state index in [1.165, 1.54) is 18.2 Å². The third-order valence-corrected chi connectivity index (χ3v) is 3.67. The van der Waals surface area contributed by atoms with Crippen molar-refractivity contribution in [1.82, 2.24) is 5.32 Å². The average molecular weight is 351 g/mol. The summed E-state index contributed by atoms with van der Waals surface area (Å²) in [6.45, 7) is 6.07. The topological polar surface area (TPSA) is 122 Å². The number of aromatic carboxylic acids is 1. The predicted octanol–water partition coefficient (Wildman–Crippen LogP) is 2.40. The Kier molecular flexibility index (Phi) is 5.15. The van der Waals surface area contributed by atoms with Crippen LogP contribution in [0, 0.1) is 10.1 Å². The molecule has 9 nitrogen and oxygen atoms in total. The molecular formula is C16H21N3O6. The molecule has 0 saturated carbocycles. The fourth-order valence-electron chi connectivity index (χ4n) is 2.64. The third-order valence-electron chi connectivity index (χ3n) is 3.67. The number of nitrogens with zero attached hydrogens (tertiary/aromatic N) is 2. The van der Waals surface area contributed by atoms with Crippen LogP contribution in [0.25, 0.3) is 0 Å². The molecule has 2 rings (SSSR count). The normalized spacial score (nSPS) is 17.2. The first-order chi connectivity index (χ1) is 11.6. The van der Waals surface area contributed by atoms with E-state index in [1.807, 2.05) is 0 Å². The Hall–Kier alpha value is -2.84. The fraction of sp³-hybridized carbons (Fsp3) is 0.500. The number of carbonyl (C=O) groups excluding carboxylic acids is 1. The molecule has 136 valence electrons. The van der Waals surface area contributed by atoms with Gasteiger partial charge in [0.15, 0.2) is 0 Å². The lowest BCUT2D eigenvalue weighted by molar-refractivity contribution is -0.384. The van der Waals surface area contributed by atoms with Crippen LogP contribution in [-0.4, -0.2) is 46.8 Å². The van der Waals surface area contributed by atoms with Gasteiger partial charge < -0.3 is 20.1 Å². The second-order valence-electron chi connectivity index (χ2n) is 6.84. The van der Waals surface area contributed by atoms with Crippen molar-refractivity contribution in [3.05, 3.63) is 33.9 Å². The molecule has 1 aliphatic rings. The lowest BCUT2D eigenvalue weighted by Crippen LogP contribution is -2.40. The predicted molar refractivity (Wildman–Crippen MR) is 90.0 cm³/mol. The SMILES string of the molecule is CC(C)(C)OC(=O)N[C@@H]1CCN(c2cc(C(=O)O)ccc2[N+](=O)[O-])C1. The van der Waals surface area contributed by atoms with E-state index in [4.69, 9.17) is 9.84 Å². The van der Waals surface area contributed by atoms with E-state index in [0.29, 0.717) is 19.5 Å². The van der Waals surface area contributed by atoms with Gasteiger partial charge in [0.2, 0.25) is 0 Å². The smallest absolute Gasteiger partial charge is 0.407 e. The quantitative estimate of drug-likeness (QED) is 0.631. The summed E-state index contributed by atoms with van der Waals surface area (Å²) in [7, 11) is 0. The van der Waals surface area contributed by atoms with Crippen LogP contribution >= 0.6 is 0 Å². The van der Waals surface area contributed by atoms with Crippen LogP contribution in [0.3, 0.4) is 0 Å². The lowest BCUT2D eigenvalue weighted by atomic mass is 10.1. The molecule has 0 radical (unpaired) electrons. The van der Waals surface area contributed by atoms with Gasteiger partial charge in [-0.05, 0) is 39.3 Å². The Balaban J connectivity index is 2.13. The minimum Gasteiger partial charge on any atom is -0.478 e. The Morgan fingerprint density at radius 1 is 1.40 bits per heavy atom. The molecule has 1 aliphatic heterocycles. The Morgan fingerprint density at radius 3 is 2.64 bits per heavy atom. The highest BCUT2D eigenvalue weighted by molar-refractivity contribution is 5.90. The number of benzene rings is 1. The van der Waals surface area contributed by atoms with E-state index in [0.717, 1.165) is 0 Å². The highest BCUT2D eigenvalue weighted by Gasteiger charge is 2.30. The van der Waals surface area contributed by atoms with Crippen LogP contribution in [0.1, 0.15) is 37.6 Å². The molecule has 1 atom stereocenters. The molecule has 0 bridgehead atoms. The monoisotopic (exact) mass is 351 g/mol. The number of ether oxygens (including phenoxy) is 1. The number of amides is 1. The minimum atomic E-state index is -1.15. The summed E-state index contributed by atoms with van der Waals surface area (Å²) in [4.78, 5) is 35.3. The second-order valence-corrected chi connectivity index (χ2v) is 6.84. The Labute approximate surface area is 144 Å². The van der Waals surface area contributed by atoms with Crippen molar-refractivity contribution in [1.29, 1.82) is 0 Å². The molecule has 0 unspecified atom stereocenters. The summed E-state index contributed by atoms with van der Waals surface area (Å²) in [6.07, 6.45) is 0.0291. The molecule has 1 aromatic carbocycles. The lowest BCUT2D eigenvalue weighted by Gasteiger charge is -2.22. The highest BCUT2D eigenvalue weighted by Crippen LogP contribution is 2.32. The molecule has 0 spiro atoms. The number of alkyl carbamates (subject to hydrolysis) is 1. The summed E-state index contributed by atoms with van der Waals surface area (Å²) in [5.41, 5.74) is -0.567. The number of hydrogen-bond acceptors (Lipinski definition) is 6. The first-order valence-corrected chi connectivity index (χ1v) is 7.83. The number of carboxylic acid groups (broad SMARTS) is 1. The van der Waals surface area contributed by atoms with Gasteiger partial charge in [0.25, 0.3) is 5.69 Å². The number of nitro benzene ring substituents is 1. The summed E-state index contributed by atoms with van der Waals surface area (Å²) in [6, 6.07) is 3.45. The van der Waals surface area contributed by atoms with E-state index < -0.39 is 22.6 Å². The first-order valence-electron chi connectivity index (χ1n) is 7.83. The van der Waals surface area contributed by atoms with Crippen molar-refractivity contribution in [2.45, 2.75) is 38.8 Å². The molecule has 9 heteroatoms. The molecule has 1 heterocycles. The number of anilines is 1. The van der Waals surface area contributed by atoms with Gasteiger partial charge in [0.05, 0.1) is 16.5 Å². The van der Waals surface area contributed by atoms with Crippen LogP contribution in [0.4, 0.5) is 16.2 Å². The molecule has 1 amide bonds. The van der Waals surface area contributed by atoms with Crippen molar-refractivity contribution >= 4 is 23.4 Å². The van der Waals surface area contributed by atoms with Gasteiger partial charge >= 0.3 is 12.1 Å². The minimum absolute atomic E-state index is 0.0239. The summed E-state index contributed by atoms with van der Waals surface area (Å²) < 4.78 is 5.20. The molecule has 1 fully saturated rings. The standard InChI is InChI=1S/C16H21N3O6/c1-16(2,3)25-15(22)17-11-6-7-18(9-11)13-8-10(14(20)21)4-5-12(13)19(23)24/h4-5,8,11H,6-7,9H2,1-3H3,(H,17,22)(H,20,21)/t11-/m1/s1. The fourth-order valence-corrected chi connectivity index (χ4v) is 2.64. The van der Waals surface area contributed by atoms with Crippen molar-refractivity contribution < 1.29 is 24.4 Å². The van der Waals surface area contributed by atoms with Gasteiger partial charge in [-0.15, -0.1) is 0 Å². The van der Waals surface area contributed by atoms with Crippen molar-refractivity contribution in [3.8, 4) is 0 Å².